The van der Waals surface area contributed by atoms with E-state index in [1.54, 1.807) is 24.3 Å². The second-order valence-corrected chi connectivity index (χ2v) is 9.13. The summed E-state index contributed by atoms with van der Waals surface area (Å²) in [5.74, 6) is -0.748. The Morgan fingerprint density at radius 2 is 1.71 bits per heavy atom. The van der Waals surface area contributed by atoms with Crippen molar-refractivity contribution >= 4 is 29.3 Å². The molecule has 9 heteroatoms. The zero-order valence-electron chi connectivity index (χ0n) is 19.7. The largest absolute Gasteiger partial charge is 0.507 e. The Kier molecular flexibility index (Phi) is 9.95. The molecule has 1 atom stereocenters. The molecule has 0 saturated carbocycles. The number of aliphatic hydroxyl groups excluding tert-OH is 1. The summed E-state index contributed by atoms with van der Waals surface area (Å²) in [5, 5.41) is 29.6. The van der Waals surface area contributed by atoms with E-state index in [-0.39, 0.29) is 48.2 Å². The molecule has 184 valence electrons. The Morgan fingerprint density at radius 1 is 1.03 bits per heavy atom. The number of carboxylic acid groups (broad SMARTS) is 1. The Bertz CT molecular complexity index is 1050. The molecule has 2 aromatic rings. The number of ether oxygens (including phenoxy) is 2. The number of aliphatic carboxylic acids is 1. The minimum atomic E-state index is -1.04. The highest BCUT2D eigenvalue weighted by atomic mass is 32.2. The number of phenols is 1. The molecule has 0 aromatic heterocycles. The van der Waals surface area contributed by atoms with Crippen molar-refractivity contribution in [3.05, 3.63) is 47.0 Å². The van der Waals surface area contributed by atoms with Crippen LogP contribution in [0.3, 0.4) is 0 Å². The fraction of sp³-hybridized carbons (Fsp3) is 0.400. The summed E-state index contributed by atoms with van der Waals surface area (Å²) in [6.45, 7) is 5.12. The molecular formula is C25H30O8S. The van der Waals surface area contributed by atoms with Gasteiger partial charge in [0.05, 0.1) is 30.8 Å². The van der Waals surface area contributed by atoms with Gasteiger partial charge in [0.15, 0.2) is 11.6 Å². The Morgan fingerprint density at radius 3 is 2.29 bits per heavy atom. The van der Waals surface area contributed by atoms with Crippen LogP contribution in [0.4, 0.5) is 0 Å². The molecule has 0 heterocycles. The van der Waals surface area contributed by atoms with Crippen LogP contribution in [0, 0.1) is 0 Å². The molecule has 0 aliphatic carbocycles. The molecule has 0 aliphatic rings. The summed E-state index contributed by atoms with van der Waals surface area (Å²) in [6.07, 6.45) is -1.20. The van der Waals surface area contributed by atoms with E-state index in [9.17, 15) is 24.6 Å². The van der Waals surface area contributed by atoms with Gasteiger partial charge in [0.25, 0.3) is 0 Å². The van der Waals surface area contributed by atoms with Crippen molar-refractivity contribution in [2.75, 3.05) is 19.5 Å². The van der Waals surface area contributed by atoms with Crippen molar-refractivity contribution in [2.24, 2.45) is 0 Å². The highest BCUT2D eigenvalue weighted by Crippen LogP contribution is 2.37. The fourth-order valence-corrected chi connectivity index (χ4v) is 4.17. The van der Waals surface area contributed by atoms with Gasteiger partial charge < -0.3 is 24.8 Å². The normalized spacial score (nSPS) is 11.8. The van der Waals surface area contributed by atoms with Gasteiger partial charge in [-0.3, -0.25) is 14.4 Å². The van der Waals surface area contributed by atoms with Crippen molar-refractivity contribution in [3.8, 4) is 17.2 Å². The molecule has 34 heavy (non-hydrogen) atoms. The van der Waals surface area contributed by atoms with Crippen molar-refractivity contribution in [1.82, 2.24) is 0 Å². The molecule has 0 spiro atoms. The standard InChI is InChI=1S/C25H30O8S/c1-14(2)24-21(9-7-18(15(3)26)25(24)31)33-12-16(27)13-34-17-5-6-19(22(11-17)32-4)20(28)8-10-23(29)30/h5-7,9,11,14,16,27,31H,8,10,12-13H2,1-4H3,(H,29,30). The second kappa shape index (κ2) is 12.4. The van der Waals surface area contributed by atoms with Crippen LogP contribution in [-0.4, -0.2) is 58.4 Å². The maximum absolute atomic E-state index is 12.2. The number of carbonyl (C=O) groups is 3. The molecule has 0 aliphatic heterocycles. The molecule has 2 rings (SSSR count). The van der Waals surface area contributed by atoms with Crippen LogP contribution in [0.15, 0.2) is 35.2 Å². The third-order valence-corrected chi connectivity index (χ3v) is 6.19. The van der Waals surface area contributed by atoms with Gasteiger partial charge in [-0.1, -0.05) is 13.8 Å². The van der Waals surface area contributed by atoms with Crippen molar-refractivity contribution in [3.63, 3.8) is 0 Å². The first-order valence-electron chi connectivity index (χ1n) is 10.8. The molecule has 1 unspecified atom stereocenters. The first-order valence-corrected chi connectivity index (χ1v) is 11.8. The van der Waals surface area contributed by atoms with Crippen LogP contribution in [0.1, 0.15) is 65.8 Å². The Labute approximate surface area is 202 Å². The third kappa shape index (κ3) is 7.23. The number of thioether (sulfide) groups is 1. The number of ketones is 2. The van der Waals surface area contributed by atoms with Crippen molar-refractivity contribution in [1.29, 1.82) is 0 Å². The molecule has 0 bridgehead atoms. The van der Waals surface area contributed by atoms with Gasteiger partial charge in [-0.15, -0.1) is 11.8 Å². The van der Waals surface area contributed by atoms with Gasteiger partial charge in [0.2, 0.25) is 0 Å². The summed E-state index contributed by atoms with van der Waals surface area (Å²) < 4.78 is 11.0. The Hall–Kier alpha value is -3.04. The lowest BCUT2D eigenvalue weighted by Crippen LogP contribution is -2.20. The number of carbonyl (C=O) groups excluding carboxylic acids is 2. The number of Topliss-reactive ketones (excluding diaryl/α,β-unsaturated/α-hetero) is 2. The van der Waals surface area contributed by atoms with E-state index in [2.05, 4.69) is 0 Å². The number of aromatic hydroxyl groups is 1. The lowest BCUT2D eigenvalue weighted by atomic mass is 9.96. The highest BCUT2D eigenvalue weighted by Gasteiger charge is 2.20. The first kappa shape index (κ1) is 27.2. The van der Waals surface area contributed by atoms with Gasteiger partial charge in [-0.2, -0.15) is 0 Å². The first-order chi connectivity index (χ1) is 16.0. The number of hydrogen-bond donors (Lipinski definition) is 3. The number of carboxylic acids is 1. The van der Waals surface area contributed by atoms with E-state index in [4.69, 9.17) is 14.6 Å². The summed E-state index contributed by atoms with van der Waals surface area (Å²) in [4.78, 5) is 35.4. The topological polar surface area (TPSA) is 130 Å². The summed E-state index contributed by atoms with van der Waals surface area (Å²) in [5.41, 5.74) is 1.05. The molecule has 8 nitrogen and oxygen atoms in total. The van der Waals surface area contributed by atoms with Crippen LogP contribution in [0.2, 0.25) is 0 Å². The summed E-state index contributed by atoms with van der Waals surface area (Å²) in [6, 6.07) is 8.09. The lowest BCUT2D eigenvalue weighted by Gasteiger charge is -2.19. The molecule has 3 N–H and O–H groups in total. The predicted molar refractivity (Wildman–Crippen MR) is 129 cm³/mol. The van der Waals surface area contributed by atoms with E-state index in [1.165, 1.54) is 31.9 Å². The number of rotatable bonds is 13. The monoisotopic (exact) mass is 490 g/mol. The van der Waals surface area contributed by atoms with E-state index < -0.39 is 12.1 Å². The fourth-order valence-electron chi connectivity index (χ4n) is 3.33. The highest BCUT2D eigenvalue weighted by molar-refractivity contribution is 7.99. The molecule has 0 saturated heterocycles. The molecule has 0 fully saturated rings. The number of phenolic OH excluding ortho intramolecular Hbond substituents is 1. The molecular weight excluding hydrogens is 460 g/mol. The zero-order valence-corrected chi connectivity index (χ0v) is 20.5. The van der Waals surface area contributed by atoms with E-state index in [0.717, 1.165) is 4.90 Å². The van der Waals surface area contributed by atoms with E-state index in [1.807, 2.05) is 13.8 Å². The number of aliphatic hydroxyl groups is 1. The van der Waals surface area contributed by atoms with Crippen molar-refractivity contribution < 1.29 is 39.2 Å². The molecule has 0 radical (unpaired) electrons. The number of methoxy groups -OCH3 is 1. The van der Waals surface area contributed by atoms with Gasteiger partial charge in [-0.25, -0.2) is 0 Å². The Balaban J connectivity index is 2.01. The maximum Gasteiger partial charge on any atom is 0.303 e. The molecule has 0 amide bonds. The van der Waals surface area contributed by atoms with Crippen LogP contribution in [0.25, 0.3) is 0 Å². The SMILES string of the molecule is COc1cc(SCC(O)COc2ccc(C(C)=O)c(O)c2C(C)C)ccc1C(=O)CCC(=O)O. The van der Waals surface area contributed by atoms with Gasteiger partial charge in [-0.05, 0) is 43.2 Å². The van der Waals surface area contributed by atoms with Gasteiger partial charge in [0.1, 0.15) is 23.9 Å². The second-order valence-electron chi connectivity index (χ2n) is 8.04. The molecule has 2 aromatic carbocycles. The smallest absolute Gasteiger partial charge is 0.303 e. The van der Waals surface area contributed by atoms with E-state index in [0.29, 0.717) is 28.4 Å². The van der Waals surface area contributed by atoms with Crippen molar-refractivity contribution in [2.45, 2.75) is 50.5 Å². The van der Waals surface area contributed by atoms with Gasteiger partial charge in [0, 0.05) is 22.6 Å². The average Bonchev–Trinajstić information content (AvgIpc) is 2.78. The minimum absolute atomic E-state index is 0.0194. The van der Waals surface area contributed by atoms with Crippen LogP contribution in [0.5, 0.6) is 17.2 Å². The van der Waals surface area contributed by atoms with Crippen LogP contribution >= 0.6 is 11.8 Å². The summed E-state index contributed by atoms with van der Waals surface area (Å²) in [7, 11) is 1.43. The summed E-state index contributed by atoms with van der Waals surface area (Å²) >= 11 is 1.34. The van der Waals surface area contributed by atoms with Crippen LogP contribution in [-0.2, 0) is 4.79 Å². The third-order valence-electron chi connectivity index (χ3n) is 5.05. The van der Waals surface area contributed by atoms with Gasteiger partial charge >= 0.3 is 5.97 Å². The van der Waals surface area contributed by atoms with Crippen LogP contribution < -0.4 is 9.47 Å². The number of benzene rings is 2. The lowest BCUT2D eigenvalue weighted by molar-refractivity contribution is -0.136. The maximum atomic E-state index is 12.2. The number of hydrogen-bond acceptors (Lipinski definition) is 8. The minimum Gasteiger partial charge on any atom is -0.507 e. The average molecular weight is 491 g/mol. The van der Waals surface area contributed by atoms with E-state index >= 15 is 0 Å². The zero-order chi connectivity index (χ0) is 25.4. The quantitative estimate of drug-likeness (QED) is 0.278. The predicted octanol–water partition coefficient (Wildman–Crippen LogP) is 4.31.